The van der Waals surface area contributed by atoms with Crippen LogP contribution in [-0.2, 0) is 16.6 Å². The molecule has 0 saturated heterocycles. The minimum Gasteiger partial charge on any atom is -0.503 e. The Bertz CT molecular complexity index is 1630. The normalized spacial score (nSPS) is 11.3. The van der Waals surface area contributed by atoms with E-state index in [0.29, 0.717) is 15.8 Å². The molecular formula is C29H26BrN3O6S. The highest BCUT2D eigenvalue weighted by atomic mass is 79.9. The molecule has 2 N–H and O–H groups in total. The maximum atomic E-state index is 13.9. The molecule has 40 heavy (non-hydrogen) atoms. The lowest BCUT2D eigenvalue weighted by molar-refractivity contribution is 0.0955. The van der Waals surface area contributed by atoms with E-state index in [1.54, 1.807) is 42.5 Å². The Hall–Kier alpha value is -4.35. The van der Waals surface area contributed by atoms with E-state index in [-0.39, 0.29) is 34.2 Å². The van der Waals surface area contributed by atoms with E-state index in [2.05, 4.69) is 26.5 Å². The van der Waals surface area contributed by atoms with Gasteiger partial charge in [0.05, 0.1) is 47.6 Å². The van der Waals surface area contributed by atoms with E-state index in [1.165, 1.54) is 42.9 Å². The smallest absolute Gasteiger partial charge is 0.273 e. The van der Waals surface area contributed by atoms with Crippen LogP contribution in [0.25, 0.3) is 0 Å². The van der Waals surface area contributed by atoms with E-state index < -0.39 is 15.9 Å². The molecule has 0 aliphatic carbocycles. The molecule has 9 nitrogen and oxygen atoms in total. The first kappa shape index (κ1) is 28.7. The third kappa shape index (κ3) is 6.44. The lowest BCUT2D eigenvalue weighted by atomic mass is 10.1. The first-order valence-electron chi connectivity index (χ1n) is 11.9. The molecule has 0 saturated carbocycles. The number of hydrazone groups is 1. The Morgan fingerprint density at radius 3 is 2.33 bits per heavy atom. The number of sulfonamides is 1. The molecule has 0 aliphatic rings. The Kier molecular flexibility index (Phi) is 9.08. The van der Waals surface area contributed by atoms with Gasteiger partial charge in [-0.3, -0.25) is 9.10 Å². The summed E-state index contributed by atoms with van der Waals surface area (Å²) in [5.74, 6) is 0.0751. The van der Waals surface area contributed by atoms with Gasteiger partial charge in [-0.15, -0.1) is 0 Å². The number of carbonyl (C=O) groups is 1. The molecule has 0 atom stereocenters. The number of nitrogens with one attached hydrogen (secondary N) is 1. The van der Waals surface area contributed by atoms with E-state index in [9.17, 15) is 18.3 Å². The topological polar surface area (TPSA) is 118 Å². The van der Waals surface area contributed by atoms with Gasteiger partial charge in [0.2, 0.25) is 0 Å². The third-order valence-electron chi connectivity index (χ3n) is 5.88. The van der Waals surface area contributed by atoms with Crippen molar-refractivity contribution in [2.45, 2.75) is 11.4 Å². The molecule has 4 rings (SSSR count). The Labute approximate surface area is 240 Å². The lowest BCUT2D eigenvalue weighted by Gasteiger charge is -2.26. The molecular weight excluding hydrogens is 598 g/mol. The summed E-state index contributed by atoms with van der Waals surface area (Å²) in [5, 5.41) is 14.0. The quantitative estimate of drug-likeness (QED) is 0.182. The molecule has 0 spiro atoms. The zero-order valence-electron chi connectivity index (χ0n) is 21.6. The summed E-state index contributed by atoms with van der Waals surface area (Å²) in [5.41, 5.74) is 4.03. The largest absolute Gasteiger partial charge is 0.503 e. The van der Waals surface area contributed by atoms with Crippen LogP contribution < -0.4 is 19.2 Å². The average molecular weight is 625 g/mol. The molecule has 0 heterocycles. The van der Waals surface area contributed by atoms with Crippen molar-refractivity contribution >= 4 is 43.8 Å². The molecule has 0 bridgehead atoms. The fraction of sp³-hybridized carbons (Fsp3) is 0.103. The van der Waals surface area contributed by atoms with Crippen LogP contribution in [0.3, 0.4) is 0 Å². The standard InChI is InChI=1S/C29H26BrN3O6S/c1-38-22-12-14-23(15-13-22)40(36,37)33(19-20-8-4-3-5-9-20)26-11-7-6-10-24(26)29(35)32-31-18-21-16-25(30)28(34)27(17-21)39-2/h3-18,34H,19H2,1-2H3,(H,32,35). The number of carbonyl (C=O) groups excluding carboxylic acids is 1. The van der Waals surface area contributed by atoms with Crippen molar-refractivity contribution in [3.8, 4) is 17.2 Å². The molecule has 11 heteroatoms. The molecule has 0 fully saturated rings. The number of anilines is 1. The Balaban J connectivity index is 1.69. The number of ether oxygens (including phenoxy) is 2. The molecule has 0 aromatic heterocycles. The summed E-state index contributed by atoms with van der Waals surface area (Å²) < 4.78 is 39.7. The fourth-order valence-electron chi connectivity index (χ4n) is 3.86. The summed E-state index contributed by atoms with van der Waals surface area (Å²) in [6.07, 6.45) is 1.38. The van der Waals surface area contributed by atoms with Gasteiger partial charge < -0.3 is 14.6 Å². The zero-order chi connectivity index (χ0) is 28.7. The second-order valence-corrected chi connectivity index (χ2v) is 11.2. The molecule has 4 aromatic rings. The minimum absolute atomic E-state index is 0.00983. The van der Waals surface area contributed by atoms with Crippen LogP contribution in [0.2, 0.25) is 0 Å². The van der Waals surface area contributed by atoms with Crippen LogP contribution in [0, 0.1) is 0 Å². The van der Waals surface area contributed by atoms with E-state index in [4.69, 9.17) is 9.47 Å². The summed E-state index contributed by atoms with van der Waals surface area (Å²) in [7, 11) is -1.18. The van der Waals surface area contributed by atoms with Crippen molar-refractivity contribution in [3.05, 3.63) is 112 Å². The second kappa shape index (κ2) is 12.7. The number of benzene rings is 4. The number of amides is 1. The fourth-order valence-corrected chi connectivity index (χ4v) is 5.79. The van der Waals surface area contributed by atoms with Crippen LogP contribution in [0.4, 0.5) is 5.69 Å². The number of phenolic OH excluding ortho intramolecular Hbond substituents is 1. The lowest BCUT2D eigenvalue weighted by Crippen LogP contribution is -2.33. The van der Waals surface area contributed by atoms with Crippen LogP contribution >= 0.6 is 15.9 Å². The second-order valence-electron chi connectivity index (χ2n) is 8.44. The number of para-hydroxylation sites is 1. The van der Waals surface area contributed by atoms with Gasteiger partial charge in [0, 0.05) is 0 Å². The summed E-state index contributed by atoms with van der Waals surface area (Å²) in [4.78, 5) is 13.3. The molecule has 206 valence electrons. The molecule has 0 radical (unpaired) electrons. The number of aromatic hydroxyl groups is 1. The van der Waals surface area contributed by atoms with Gasteiger partial charge in [-0.2, -0.15) is 5.10 Å². The number of hydrogen-bond donors (Lipinski definition) is 2. The molecule has 4 aromatic carbocycles. The van der Waals surface area contributed by atoms with Gasteiger partial charge in [0.25, 0.3) is 15.9 Å². The summed E-state index contributed by atoms with van der Waals surface area (Å²) >= 11 is 3.25. The highest BCUT2D eigenvalue weighted by Crippen LogP contribution is 2.35. The zero-order valence-corrected chi connectivity index (χ0v) is 24.0. The van der Waals surface area contributed by atoms with Crippen molar-refractivity contribution in [2.24, 2.45) is 5.10 Å². The number of halogens is 1. The predicted molar refractivity (Wildman–Crippen MR) is 157 cm³/mol. The van der Waals surface area contributed by atoms with Gasteiger partial charge in [0.1, 0.15) is 5.75 Å². The van der Waals surface area contributed by atoms with Crippen molar-refractivity contribution in [2.75, 3.05) is 18.5 Å². The van der Waals surface area contributed by atoms with Crippen LogP contribution in [0.15, 0.2) is 105 Å². The number of hydrogen-bond acceptors (Lipinski definition) is 7. The number of methoxy groups -OCH3 is 2. The van der Waals surface area contributed by atoms with Gasteiger partial charge in [-0.1, -0.05) is 42.5 Å². The Morgan fingerprint density at radius 2 is 1.65 bits per heavy atom. The minimum atomic E-state index is -4.10. The summed E-state index contributed by atoms with van der Waals surface area (Å²) in [6, 6.07) is 24.7. The predicted octanol–water partition coefficient (Wildman–Crippen LogP) is 5.33. The molecule has 0 unspecified atom stereocenters. The number of phenols is 1. The van der Waals surface area contributed by atoms with Gasteiger partial charge >= 0.3 is 0 Å². The maximum absolute atomic E-state index is 13.9. The highest BCUT2D eigenvalue weighted by Gasteiger charge is 2.28. The monoisotopic (exact) mass is 623 g/mol. The van der Waals surface area contributed by atoms with E-state index in [1.807, 2.05) is 30.3 Å². The highest BCUT2D eigenvalue weighted by molar-refractivity contribution is 9.10. The van der Waals surface area contributed by atoms with Crippen LogP contribution in [0.5, 0.6) is 17.2 Å². The maximum Gasteiger partial charge on any atom is 0.273 e. The first-order valence-corrected chi connectivity index (χ1v) is 14.2. The average Bonchev–Trinajstić information content (AvgIpc) is 2.98. The SMILES string of the molecule is COc1ccc(S(=O)(=O)N(Cc2ccccc2)c2ccccc2C(=O)NN=Cc2cc(Br)c(O)c(OC)c2)cc1. The van der Waals surface area contributed by atoms with Crippen LogP contribution in [0.1, 0.15) is 21.5 Å². The first-order chi connectivity index (χ1) is 19.2. The van der Waals surface area contributed by atoms with Gasteiger partial charge in [0.15, 0.2) is 11.5 Å². The third-order valence-corrected chi connectivity index (χ3v) is 8.26. The van der Waals surface area contributed by atoms with E-state index in [0.717, 1.165) is 5.56 Å². The van der Waals surface area contributed by atoms with Crippen molar-refractivity contribution < 1.29 is 27.8 Å². The number of nitrogens with zero attached hydrogens (tertiary/aromatic N) is 2. The molecule has 0 aliphatic heterocycles. The van der Waals surface area contributed by atoms with Crippen molar-refractivity contribution in [3.63, 3.8) is 0 Å². The van der Waals surface area contributed by atoms with Crippen molar-refractivity contribution in [1.82, 2.24) is 5.43 Å². The van der Waals surface area contributed by atoms with Gasteiger partial charge in [-0.25, -0.2) is 13.8 Å². The van der Waals surface area contributed by atoms with Crippen LogP contribution in [-0.4, -0.2) is 39.9 Å². The molecule has 1 amide bonds. The van der Waals surface area contributed by atoms with Crippen molar-refractivity contribution in [1.29, 1.82) is 0 Å². The van der Waals surface area contributed by atoms with E-state index >= 15 is 0 Å². The van der Waals surface area contributed by atoms with Gasteiger partial charge in [-0.05, 0) is 75.6 Å². The summed E-state index contributed by atoms with van der Waals surface area (Å²) in [6.45, 7) is -0.00983. The Morgan fingerprint density at radius 1 is 0.975 bits per heavy atom. The number of rotatable bonds is 10.